The maximum Gasteiger partial charge on any atom is 0.336 e. The molecule has 0 aromatic heterocycles. The molecule has 0 heterocycles. The second-order valence-corrected chi connectivity index (χ2v) is 6.76. The standard InChI is InChI=1S/C15H13BrO3S/c1-10-2-4-11(5-3-10)9-20(19)14-8-12(16)6-7-13(14)15(17)18/h2-8H,9H2,1H3,(H,17,18). The second kappa shape index (κ2) is 6.33. The molecule has 2 rings (SSSR count). The summed E-state index contributed by atoms with van der Waals surface area (Å²) in [5.74, 6) is -0.762. The lowest BCUT2D eigenvalue weighted by Gasteiger charge is -2.07. The lowest BCUT2D eigenvalue weighted by Crippen LogP contribution is -2.06. The first-order valence-corrected chi connectivity index (χ1v) is 8.05. The number of carboxylic acid groups (broad SMARTS) is 1. The number of carbonyl (C=O) groups is 1. The predicted molar refractivity (Wildman–Crippen MR) is 82.4 cm³/mol. The number of hydrogen-bond donors (Lipinski definition) is 1. The van der Waals surface area contributed by atoms with E-state index in [9.17, 15) is 9.00 Å². The van der Waals surface area contributed by atoms with Crippen molar-refractivity contribution in [3.8, 4) is 0 Å². The summed E-state index contributed by atoms with van der Waals surface area (Å²) < 4.78 is 13.1. The van der Waals surface area contributed by atoms with Crippen LogP contribution < -0.4 is 0 Å². The average molecular weight is 353 g/mol. The van der Waals surface area contributed by atoms with Gasteiger partial charge in [-0.3, -0.25) is 4.21 Å². The van der Waals surface area contributed by atoms with Gasteiger partial charge in [0.05, 0.1) is 27.0 Å². The Hall–Kier alpha value is -1.46. The van der Waals surface area contributed by atoms with E-state index >= 15 is 0 Å². The molecule has 2 aromatic carbocycles. The van der Waals surface area contributed by atoms with Crippen molar-refractivity contribution in [2.75, 3.05) is 0 Å². The summed E-state index contributed by atoms with van der Waals surface area (Å²) in [7, 11) is -1.39. The van der Waals surface area contributed by atoms with Crippen molar-refractivity contribution in [3.05, 3.63) is 63.6 Å². The number of benzene rings is 2. The molecule has 1 N–H and O–H groups in total. The molecular formula is C15H13BrO3S. The van der Waals surface area contributed by atoms with Crippen molar-refractivity contribution in [2.45, 2.75) is 17.6 Å². The van der Waals surface area contributed by atoms with Gasteiger partial charge in [0.15, 0.2) is 0 Å². The van der Waals surface area contributed by atoms with Gasteiger partial charge in [0.25, 0.3) is 0 Å². The van der Waals surface area contributed by atoms with Crippen LogP contribution in [0.15, 0.2) is 51.8 Å². The van der Waals surface area contributed by atoms with Crippen molar-refractivity contribution in [3.63, 3.8) is 0 Å². The molecule has 0 aliphatic heterocycles. The molecule has 3 nitrogen and oxygen atoms in total. The van der Waals surface area contributed by atoms with Gasteiger partial charge in [0.1, 0.15) is 0 Å². The Morgan fingerprint density at radius 1 is 1.20 bits per heavy atom. The highest BCUT2D eigenvalue weighted by Gasteiger charge is 2.16. The van der Waals surface area contributed by atoms with Gasteiger partial charge in [-0.25, -0.2) is 4.79 Å². The third kappa shape index (κ3) is 3.55. The summed E-state index contributed by atoms with van der Waals surface area (Å²) >= 11 is 3.28. The number of carboxylic acids is 1. The normalized spacial score (nSPS) is 12.1. The minimum absolute atomic E-state index is 0.0821. The van der Waals surface area contributed by atoms with E-state index in [2.05, 4.69) is 15.9 Å². The van der Waals surface area contributed by atoms with Crippen LogP contribution in [0.3, 0.4) is 0 Å². The molecule has 0 aliphatic carbocycles. The van der Waals surface area contributed by atoms with Crippen LogP contribution in [0.25, 0.3) is 0 Å². The van der Waals surface area contributed by atoms with E-state index in [4.69, 9.17) is 5.11 Å². The van der Waals surface area contributed by atoms with Crippen molar-refractivity contribution < 1.29 is 14.1 Å². The van der Waals surface area contributed by atoms with E-state index in [0.717, 1.165) is 15.6 Å². The average Bonchev–Trinajstić information content (AvgIpc) is 2.41. The van der Waals surface area contributed by atoms with Gasteiger partial charge >= 0.3 is 5.97 Å². The molecule has 0 saturated carbocycles. The molecular weight excluding hydrogens is 340 g/mol. The van der Waals surface area contributed by atoms with Crippen LogP contribution in [0.5, 0.6) is 0 Å². The summed E-state index contributed by atoms with van der Waals surface area (Å²) in [6.45, 7) is 1.98. The molecule has 0 radical (unpaired) electrons. The first kappa shape index (κ1) is 14.9. The predicted octanol–water partition coefficient (Wildman–Crippen LogP) is 3.76. The Balaban J connectivity index is 2.31. The molecule has 2 aromatic rings. The molecule has 0 fully saturated rings. The summed E-state index contributed by atoms with van der Waals surface area (Å²) in [5.41, 5.74) is 2.14. The molecule has 1 unspecified atom stereocenters. The van der Waals surface area contributed by atoms with E-state index in [1.165, 1.54) is 6.07 Å². The molecule has 5 heteroatoms. The third-order valence-corrected chi connectivity index (χ3v) is 4.75. The molecule has 0 spiro atoms. The second-order valence-electron chi connectivity index (χ2n) is 4.42. The van der Waals surface area contributed by atoms with Crippen LogP contribution in [0.2, 0.25) is 0 Å². The van der Waals surface area contributed by atoms with Crippen LogP contribution in [0, 0.1) is 6.92 Å². The zero-order valence-electron chi connectivity index (χ0n) is 10.8. The van der Waals surface area contributed by atoms with Crippen LogP contribution >= 0.6 is 15.9 Å². The van der Waals surface area contributed by atoms with Crippen LogP contribution in [0.1, 0.15) is 21.5 Å². The van der Waals surface area contributed by atoms with Gasteiger partial charge in [-0.2, -0.15) is 0 Å². The Bertz CT molecular complexity index is 665. The van der Waals surface area contributed by atoms with E-state index < -0.39 is 16.8 Å². The zero-order chi connectivity index (χ0) is 14.7. The third-order valence-electron chi connectivity index (χ3n) is 2.84. The van der Waals surface area contributed by atoms with E-state index in [0.29, 0.717) is 10.6 Å². The van der Waals surface area contributed by atoms with E-state index in [-0.39, 0.29) is 5.56 Å². The van der Waals surface area contributed by atoms with Gasteiger partial charge in [0, 0.05) is 4.47 Å². The number of halogens is 1. The van der Waals surface area contributed by atoms with Gasteiger partial charge in [0.2, 0.25) is 0 Å². The monoisotopic (exact) mass is 352 g/mol. The summed E-state index contributed by atoms with van der Waals surface area (Å²) in [5, 5.41) is 9.16. The maximum atomic E-state index is 12.4. The summed E-state index contributed by atoms with van der Waals surface area (Å²) in [6, 6.07) is 12.4. The van der Waals surface area contributed by atoms with Crippen molar-refractivity contribution >= 4 is 32.7 Å². The highest BCUT2D eigenvalue weighted by molar-refractivity contribution is 9.10. The maximum absolute atomic E-state index is 12.4. The smallest absolute Gasteiger partial charge is 0.336 e. The molecule has 0 saturated heterocycles. The van der Waals surface area contributed by atoms with Gasteiger partial charge in [-0.15, -0.1) is 0 Å². The molecule has 0 aliphatic rings. The Morgan fingerprint density at radius 2 is 1.85 bits per heavy atom. The molecule has 20 heavy (non-hydrogen) atoms. The largest absolute Gasteiger partial charge is 0.478 e. The molecule has 104 valence electrons. The Labute approximate surface area is 128 Å². The molecule has 0 amide bonds. The lowest BCUT2D eigenvalue weighted by molar-refractivity contribution is 0.0693. The van der Waals surface area contributed by atoms with Crippen molar-refractivity contribution in [2.24, 2.45) is 0 Å². The van der Waals surface area contributed by atoms with Crippen LogP contribution in [-0.4, -0.2) is 15.3 Å². The van der Waals surface area contributed by atoms with Gasteiger partial charge in [-0.1, -0.05) is 45.8 Å². The van der Waals surface area contributed by atoms with Gasteiger partial charge in [-0.05, 0) is 30.7 Å². The van der Waals surface area contributed by atoms with E-state index in [1.807, 2.05) is 31.2 Å². The lowest BCUT2D eigenvalue weighted by atomic mass is 10.2. The fourth-order valence-corrected chi connectivity index (χ4v) is 3.60. The zero-order valence-corrected chi connectivity index (χ0v) is 13.2. The van der Waals surface area contributed by atoms with E-state index in [1.54, 1.807) is 12.1 Å². The first-order valence-electron chi connectivity index (χ1n) is 5.94. The Kier molecular flexibility index (Phi) is 4.73. The summed E-state index contributed by atoms with van der Waals surface area (Å²) in [4.78, 5) is 11.5. The molecule has 1 atom stereocenters. The van der Waals surface area contributed by atoms with Crippen LogP contribution in [-0.2, 0) is 16.6 Å². The number of aromatic carboxylic acids is 1. The number of hydrogen-bond acceptors (Lipinski definition) is 2. The topological polar surface area (TPSA) is 54.4 Å². The SMILES string of the molecule is Cc1ccc(CS(=O)c2cc(Br)ccc2C(=O)O)cc1. The summed E-state index contributed by atoms with van der Waals surface area (Å²) in [6.07, 6.45) is 0. The minimum Gasteiger partial charge on any atom is -0.478 e. The highest BCUT2D eigenvalue weighted by atomic mass is 79.9. The van der Waals surface area contributed by atoms with Crippen molar-refractivity contribution in [1.29, 1.82) is 0 Å². The highest BCUT2D eigenvalue weighted by Crippen LogP contribution is 2.22. The Morgan fingerprint density at radius 3 is 2.45 bits per heavy atom. The quantitative estimate of drug-likeness (QED) is 0.911. The number of aryl methyl sites for hydroxylation is 1. The minimum atomic E-state index is -1.39. The van der Waals surface area contributed by atoms with Crippen molar-refractivity contribution in [1.82, 2.24) is 0 Å². The number of rotatable bonds is 4. The fraction of sp³-hybridized carbons (Fsp3) is 0.133. The first-order chi connectivity index (χ1) is 9.47. The fourth-order valence-electron chi connectivity index (χ4n) is 1.77. The van der Waals surface area contributed by atoms with Crippen LogP contribution in [0.4, 0.5) is 0 Å². The molecule has 0 bridgehead atoms. The van der Waals surface area contributed by atoms with Gasteiger partial charge < -0.3 is 5.11 Å².